The normalized spacial score (nSPS) is 14.8. The molecule has 156 valence electrons. The van der Waals surface area contributed by atoms with E-state index in [0.29, 0.717) is 17.1 Å². The van der Waals surface area contributed by atoms with Crippen molar-refractivity contribution >= 4 is 35.6 Å². The van der Waals surface area contributed by atoms with Gasteiger partial charge in [-0.15, -0.1) is 0 Å². The number of urea groups is 1. The molecule has 1 saturated heterocycles. The van der Waals surface area contributed by atoms with Gasteiger partial charge in [-0.3, -0.25) is 9.69 Å². The Morgan fingerprint density at radius 3 is 2.65 bits per heavy atom. The predicted octanol–water partition coefficient (Wildman–Crippen LogP) is 4.48. The molecule has 1 aromatic heterocycles. The van der Waals surface area contributed by atoms with Gasteiger partial charge in [-0.05, 0) is 35.9 Å². The number of amides is 3. The second kappa shape index (κ2) is 8.49. The molecule has 0 spiro atoms. The first-order valence-electron chi connectivity index (χ1n) is 9.33. The molecule has 7 nitrogen and oxygen atoms in total. The summed E-state index contributed by atoms with van der Waals surface area (Å²) in [6.07, 6.45) is 1.46. The zero-order chi connectivity index (χ0) is 22.0. The number of ether oxygens (including phenoxy) is 1. The van der Waals surface area contributed by atoms with E-state index in [9.17, 15) is 14.4 Å². The molecular formula is C23H17ClN2O5. The lowest BCUT2D eigenvalue weighted by Gasteiger charge is -2.11. The van der Waals surface area contributed by atoms with Crippen molar-refractivity contribution in [3.8, 4) is 11.3 Å². The maximum absolute atomic E-state index is 12.7. The van der Waals surface area contributed by atoms with E-state index in [2.05, 4.69) is 5.32 Å². The summed E-state index contributed by atoms with van der Waals surface area (Å²) in [5.41, 5.74) is 1.79. The van der Waals surface area contributed by atoms with Gasteiger partial charge in [0.25, 0.3) is 5.91 Å². The zero-order valence-electron chi connectivity index (χ0n) is 16.4. The highest BCUT2D eigenvalue weighted by Gasteiger charge is 2.33. The number of nitrogens with zero attached hydrogens (tertiary/aromatic N) is 1. The first kappa shape index (κ1) is 20.4. The topological polar surface area (TPSA) is 88.9 Å². The smallest absolute Gasteiger partial charge is 0.339 e. The second-order valence-corrected chi connectivity index (χ2v) is 7.16. The lowest BCUT2D eigenvalue weighted by atomic mass is 10.1. The van der Waals surface area contributed by atoms with Crippen LogP contribution in [0.2, 0.25) is 5.02 Å². The Morgan fingerprint density at radius 2 is 1.90 bits per heavy atom. The first-order valence-corrected chi connectivity index (χ1v) is 9.70. The number of furan rings is 1. The molecule has 1 aliphatic heterocycles. The standard InChI is InChI=1S/C23H17ClN2O5/c1-30-22(28)17-11-15(7-9-18(17)24)20-10-8-16(31-20)12-19-21(27)26(23(29)25-19)13-14-5-3-2-4-6-14/h2-12H,13H2,1H3,(H,25,29)/b19-12+. The lowest BCUT2D eigenvalue weighted by molar-refractivity contribution is -0.123. The first-order chi connectivity index (χ1) is 15.0. The van der Waals surface area contributed by atoms with E-state index in [1.54, 1.807) is 30.3 Å². The number of carbonyl (C=O) groups is 3. The van der Waals surface area contributed by atoms with Crippen LogP contribution in [0.15, 0.2) is 70.8 Å². The van der Waals surface area contributed by atoms with Crippen LogP contribution < -0.4 is 5.32 Å². The fourth-order valence-corrected chi connectivity index (χ4v) is 3.35. The van der Waals surface area contributed by atoms with Gasteiger partial charge in [0, 0.05) is 11.6 Å². The lowest BCUT2D eigenvalue weighted by Crippen LogP contribution is -2.30. The van der Waals surface area contributed by atoms with Gasteiger partial charge in [0.1, 0.15) is 17.2 Å². The fraction of sp³-hybridized carbons (Fsp3) is 0.0870. The molecule has 3 aromatic rings. The summed E-state index contributed by atoms with van der Waals surface area (Å²) in [5.74, 6) is -0.161. The molecule has 2 aromatic carbocycles. The number of esters is 1. The third-order valence-corrected chi connectivity index (χ3v) is 5.04. The summed E-state index contributed by atoms with van der Waals surface area (Å²) in [4.78, 5) is 37.9. The van der Waals surface area contributed by atoms with Crippen molar-refractivity contribution in [2.45, 2.75) is 6.54 Å². The molecule has 1 N–H and O–H groups in total. The fourth-order valence-electron chi connectivity index (χ4n) is 3.15. The van der Waals surface area contributed by atoms with Crippen LogP contribution >= 0.6 is 11.6 Å². The van der Waals surface area contributed by atoms with Gasteiger partial charge in [0.15, 0.2) is 0 Å². The molecule has 3 amide bonds. The van der Waals surface area contributed by atoms with Crippen molar-refractivity contribution < 1.29 is 23.5 Å². The van der Waals surface area contributed by atoms with Crippen molar-refractivity contribution in [1.29, 1.82) is 0 Å². The van der Waals surface area contributed by atoms with Crippen LogP contribution in [0.5, 0.6) is 0 Å². The second-order valence-electron chi connectivity index (χ2n) is 6.75. The highest BCUT2D eigenvalue weighted by atomic mass is 35.5. The van der Waals surface area contributed by atoms with Gasteiger partial charge in [-0.25, -0.2) is 9.59 Å². The third-order valence-electron chi connectivity index (χ3n) is 4.72. The predicted molar refractivity (Wildman–Crippen MR) is 114 cm³/mol. The summed E-state index contributed by atoms with van der Waals surface area (Å²) in [6, 6.07) is 16.9. The van der Waals surface area contributed by atoms with Crippen molar-refractivity contribution in [3.63, 3.8) is 0 Å². The third kappa shape index (κ3) is 4.22. The Balaban J connectivity index is 1.55. The Hall–Kier alpha value is -3.84. The Morgan fingerprint density at radius 1 is 1.13 bits per heavy atom. The maximum Gasteiger partial charge on any atom is 0.339 e. The van der Waals surface area contributed by atoms with Crippen molar-refractivity contribution in [2.24, 2.45) is 0 Å². The van der Waals surface area contributed by atoms with Crippen LogP contribution in [0, 0.1) is 0 Å². The highest BCUT2D eigenvalue weighted by molar-refractivity contribution is 6.33. The summed E-state index contributed by atoms with van der Waals surface area (Å²) in [7, 11) is 1.27. The van der Waals surface area contributed by atoms with E-state index < -0.39 is 17.9 Å². The van der Waals surface area contributed by atoms with E-state index >= 15 is 0 Å². The largest absolute Gasteiger partial charge is 0.465 e. The number of hydrogen-bond acceptors (Lipinski definition) is 5. The molecule has 1 aliphatic rings. The zero-order valence-corrected chi connectivity index (χ0v) is 17.2. The van der Waals surface area contributed by atoms with Gasteiger partial charge >= 0.3 is 12.0 Å². The van der Waals surface area contributed by atoms with Crippen molar-refractivity contribution in [1.82, 2.24) is 10.2 Å². The van der Waals surface area contributed by atoms with E-state index in [4.69, 9.17) is 20.8 Å². The molecule has 31 heavy (non-hydrogen) atoms. The average molecular weight is 437 g/mol. The summed E-state index contributed by atoms with van der Waals surface area (Å²) in [6.45, 7) is 0.174. The van der Waals surface area contributed by atoms with Crippen molar-refractivity contribution in [2.75, 3.05) is 7.11 Å². The van der Waals surface area contributed by atoms with Crippen LogP contribution in [-0.4, -0.2) is 29.9 Å². The maximum atomic E-state index is 12.7. The SMILES string of the molecule is COC(=O)c1cc(-c2ccc(/C=C3/NC(=O)N(Cc4ccccc4)C3=O)o2)ccc1Cl. The molecule has 0 radical (unpaired) electrons. The average Bonchev–Trinajstić information content (AvgIpc) is 3.35. The van der Waals surface area contributed by atoms with Gasteiger partial charge in [0.05, 0.1) is 24.2 Å². The Bertz CT molecular complexity index is 1200. The van der Waals surface area contributed by atoms with Crippen LogP contribution in [0.4, 0.5) is 4.79 Å². The molecule has 4 rings (SSSR count). The van der Waals surface area contributed by atoms with Gasteiger partial charge in [-0.1, -0.05) is 41.9 Å². The van der Waals surface area contributed by atoms with Crippen LogP contribution in [0.25, 0.3) is 17.4 Å². The van der Waals surface area contributed by atoms with Gasteiger partial charge < -0.3 is 14.5 Å². The number of halogens is 1. The minimum Gasteiger partial charge on any atom is -0.465 e. The van der Waals surface area contributed by atoms with Gasteiger partial charge in [0.2, 0.25) is 0 Å². The molecule has 1 fully saturated rings. The number of hydrogen-bond donors (Lipinski definition) is 1. The molecule has 0 saturated carbocycles. The number of methoxy groups -OCH3 is 1. The number of benzene rings is 2. The van der Waals surface area contributed by atoms with Crippen LogP contribution in [-0.2, 0) is 16.1 Å². The molecule has 0 bridgehead atoms. The minimum absolute atomic E-state index is 0.119. The minimum atomic E-state index is -0.557. The van der Waals surface area contributed by atoms with E-state index in [0.717, 1.165) is 10.5 Å². The number of nitrogens with one attached hydrogen (secondary N) is 1. The molecule has 0 aliphatic carbocycles. The Labute approximate surface area is 182 Å². The highest BCUT2D eigenvalue weighted by Crippen LogP contribution is 2.28. The van der Waals surface area contributed by atoms with Gasteiger partial charge in [-0.2, -0.15) is 0 Å². The monoisotopic (exact) mass is 436 g/mol. The molecule has 0 unspecified atom stereocenters. The number of imide groups is 1. The Kier molecular flexibility index (Phi) is 5.60. The molecule has 0 atom stereocenters. The van der Waals surface area contributed by atoms with Crippen LogP contribution in [0.3, 0.4) is 0 Å². The van der Waals surface area contributed by atoms with E-state index in [1.165, 1.54) is 13.2 Å². The quantitative estimate of drug-likeness (QED) is 0.362. The van der Waals surface area contributed by atoms with E-state index in [1.807, 2.05) is 30.3 Å². The van der Waals surface area contributed by atoms with Crippen molar-refractivity contribution in [3.05, 3.63) is 88.3 Å². The number of rotatable bonds is 5. The molecule has 2 heterocycles. The van der Waals surface area contributed by atoms with Crippen LogP contribution in [0.1, 0.15) is 21.7 Å². The molecule has 8 heteroatoms. The molecular weight excluding hydrogens is 420 g/mol. The summed E-state index contributed by atoms with van der Waals surface area (Å²) >= 11 is 6.05. The summed E-state index contributed by atoms with van der Waals surface area (Å²) < 4.78 is 10.5. The number of carbonyl (C=O) groups excluding carboxylic acids is 3. The summed E-state index contributed by atoms with van der Waals surface area (Å²) in [5, 5.41) is 2.84. The van der Waals surface area contributed by atoms with E-state index in [-0.39, 0.29) is 22.8 Å².